The Bertz CT molecular complexity index is 701. The van der Waals surface area contributed by atoms with Gasteiger partial charge in [-0.25, -0.2) is 4.39 Å². The first-order valence-electron chi connectivity index (χ1n) is 6.76. The molecule has 0 heterocycles. The van der Waals surface area contributed by atoms with Crippen LogP contribution in [0.5, 0.6) is 5.75 Å². The van der Waals surface area contributed by atoms with E-state index in [1.807, 2.05) is 25.1 Å². The summed E-state index contributed by atoms with van der Waals surface area (Å²) in [7, 11) is 0. The number of hydrogen-bond acceptors (Lipinski definition) is 2. The number of carbonyl (C=O) groups is 1. The lowest BCUT2D eigenvalue weighted by Crippen LogP contribution is -2.09. The standard InChI is InChI=1S/C17H15BrFNO2/c1-2-22-16-9-8-13(18)11-12(16)7-10-17(21)20-15-6-4-3-5-14(15)19/h3-11H,2H2,1H3,(H,20,21). The molecule has 1 N–H and O–H groups in total. The summed E-state index contributed by atoms with van der Waals surface area (Å²) < 4.78 is 19.8. The maximum absolute atomic E-state index is 13.5. The fraction of sp³-hybridized carbons (Fsp3) is 0.118. The number of amides is 1. The van der Waals surface area contributed by atoms with E-state index in [2.05, 4.69) is 21.2 Å². The second-order valence-corrected chi connectivity index (χ2v) is 5.33. The molecule has 2 aromatic rings. The topological polar surface area (TPSA) is 38.3 Å². The molecule has 5 heteroatoms. The Morgan fingerprint density at radius 2 is 2.09 bits per heavy atom. The van der Waals surface area contributed by atoms with Gasteiger partial charge < -0.3 is 10.1 Å². The number of anilines is 1. The van der Waals surface area contributed by atoms with Crippen molar-refractivity contribution >= 4 is 33.6 Å². The summed E-state index contributed by atoms with van der Waals surface area (Å²) in [5, 5.41) is 2.49. The number of nitrogens with one attached hydrogen (secondary N) is 1. The van der Waals surface area contributed by atoms with E-state index in [9.17, 15) is 9.18 Å². The monoisotopic (exact) mass is 363 g/mol. The lowest BCUT2D eigenvalue weighted by Gasteiger charge is -2.07. The highest BCUT2D eigenvalue weighted by Crippen LogP contribution is 2.24. The van der Waals surface area contributed by atoms with Gasteiger partial charge in [0.2, 0.25) is 5.91 Å². The molecule has 0 aliphatic carbocycles. The minimum absolute atomic E-state index is 0.149. The fourth-order valence-electron chi connectivity index (χ4n) is 1.84. The van der Waals surface area contributed by atoms with Crippen molar-refractivity contribution in [1.29, 1.82) is 0 Å². The van der Waals surface area contributed by atoms with Gasteiger partial charge in [0, 0.05) is 16.1 Å². The summed E-state index contributed by atoms with van der Waals surface area (Å²) in [5.74, 6) is -0.199. The number of para-hydroxylation sites is 1. The number of ether oxygens (including phenoxy) is 1. The smallest absolute Gasteiger partial charge is 0.248 e. The largest absolute Gasteiger partial charge is 0.493 e. The molecule has 0 fully saturated rings. The molecule has 0 aliphatic heterocycles. The van der Waals surface area contributed by atoms with E-state index >= 15 is 0 Å². The molecule has 0 radical (unpaired) electrons. The molecule has 0 unspecified atom stereocenters. The van der Waals surface area contributed by atoms with E-state index in [-0.39, 0.29) is 5.69 Å². The Kier molecular flexibility index (Phi) is 5.72. The van der Waals surface area contributed by atoms with Gasteiger partial charge in [-0.2, -0.15) is 0 Å². The minimum atomic E-state index is -0.471. The van der Waals surface area contributed by atoms with Crippen LogP contribution in [-0.4, -0.2) is 12.5 Å². The zero-order valence-corrected chi connectivity index (χ0v) is 13.6. The SMILES string of the molecule is CCOc1ccc(Br)cc1C=CC(=O)Nc1ccccc1F. The molecule has 2 aromatic carbocycles. The summed E-state index contributed by atoms with van der Waals surface area (Å²) in [6.45, 7) is 2.42. The summed E-state index contributed by atoms with van der Waals surface area (Å²) in [6.07, 6.45) is 2.97. The van der Waals surface area contributed by atoms with Crippen molar-refractivity contribution in [3.8, 4) is 5.75 Å². The molecule has 0 aliphatic rings. The van der Waals surface area contributed by atoms with Crippen molar-refractivity contribution in [1.82, 2.24) is 0 Å². The van der Waals surface area contributed by atoms with Gasteiger partial charge in [-0.3, -0.25) is 4.79 Å². The molecule has 0 bridgehead atoms. The predicted molar refractivity (Wildman–Crippen MR) is 89.4 cm³/mol. The third kappa shape index (κ3) is 4.43. The highest BCUT2D eigenvalue weighted by Gasteiger charge is 2.05. The van der Waals surface area contributed by atoms with Crippen LogP contribution in [0.1, 0.15) is 12.5 Å². The summed E-state index contributed by atoms with van der Waals surface area (Å²) in [4.78, 5) is 11.9. The highest BCUT2D eigenvalue weighted by atomic mass is 79.9. The van der Waals surface area contributed by atoms with Gasteiger partial charge in [0.15, 0.2) is 0 Å². The average Bonchev–Trinajstić information content (AvgIpc) is 2.50. The van der Waals surface area contributed by atoms with Gasteiger partial charge in [0.1, 0.15) is 11.6 Å². The normalized spacial score (nSPS) is 10.7. The third-order valence-electron chi connectivity index (χ3n) is 2.82. The van der Waals surface area contributed by atoms with Crippen molar-refractivity contribution in [2.24, 2.45) is 0 Å². The number of carbonyl (C=O) groups excluding carboxylic acids is 1. The molecule has 0 atom stereocenters. The first-order chi connectivity index (χ1) is 10.6. The molecule has 0 saturated heterocycles. The van der Waals surface area contributed by atoms with Crippen LogP contribution in [0.3, 0.4) is 0 Å². The summed E-state index contributed by atoms with van der Waals surface area (Å²) in [6, 6.07) is 11.6. The van der Waals surface area contributed by atoms with Crippen molar-refractivity contribution in [3.63, 3.8) is 0 Å². The molecule has 1 amide bonds. The highest BCUT2D eigenvalue weighted by molar-refractivity contribution is 9.10. The van der Waals surface area contributed by atoms with Crippen molar-refractivity contribution in [3.05, 3.63) is 64.4 Å². The Labute approximate surface area is 136 Å². The predicted octanol–water partition coefficient (Wildman–Crippen LogP) is 4.64. The van der Waals surface area contributed by atoms with Gasteiger partial charge in [0.05, 0.1) is 12.3 Å². The van der Waals surface area contributed by atoms with E-state index in [0.29, 0.717) is 12.4 Å². The number of halogens is 2. The van der Waals surface area contributed by atoms with Crippen LogP contribution in [0, 0.1) is 5.82 Å². The second kappa shape index (κ2) is 7.75. The first kappa shape index (κ1) is 16.2. The molecule has 114 valence electrons. The van der Waals surface area contributed by atoms with E-state index in [1.165, 1.54) is 18.2 Å². The van der Waals surface area contributed by atoms with Gasteiger partial charge in [-0.1, -0.05) is 28.1 Å². The lowest BCUT2D eigenvalue weighted by molar-refractivity contribution is -0.111. The van der Waals surface area contributed by atoms with Crippen LogP contribution >= 0.6 is 15.9 Å². The Morgan fingerprint density at radius 1 is 1.32 bits per heavy atom. The maximum atomic E-state index is 13.5. The minimum Gasteiger partial charge on any atom is -0.493 e. The van der Waals surface area contributed by atoms with Crippen molar-refractivity contribution < 1.29 is 13.9 Å². The first-order valence-corrected chi connectivity index (χ1v) is 7.55. The van der Waals surface area contributed by atoms with E-state index in [4.69, 9.17) is 4.74 Å². The average molecular weight is 364 g/mol. The fourth-order valence-corrected chi connectivity index (χ4v) is 2.22. The number of rotatable bonds is 5. The Balaban J connectivity index is 2.13. The summed E-state index contributed by atoms with van der Waals surface area (Å²) >= 11 is 3.38. The Hall–Kier alpha value is -2.14. The van der Waals surface area contributed by atoms with Gasteiger partial charge in [-0.15, -0.1) is 0 Å². The molecule has 0 aromatic heterocycles. The zero-order chi connectivity index (χ0) is 15.9. The molecule has 0 saturated carbocycles. The maximum Gasteiger partial charge on any atom is 0.248 e. The van der Waals surface area contributed by atoms with Crippen LogP contribution in [-0.2, 0) is 4.79 Å². The summed E-state index contributed by atoms with van der Waals surface area (Å²) in [5.41, 5.74) is 0.913. The lowest BCUT2D eigenvalue weighted by atomic mass is 10.2. The van der Waals surface area contributed by atoms with Crippen molar-refractivity contribution in [2.75, 3.05) is 11.9 Å². The van der Waals surface area contributed by atoms with Crippen molar-refractivity contribution in [2.45, 2.75) is 6.92 Å². The molecular formula is C17H15BrFNO2. The molecule has 3 nitrogen and oxygen atoms in total. The molecular weight excluding hydrogens is 349 g/mol. The van der Waals surface area contributed by atoms with Crippen LogP contribution in [0.4, 0.5) is 10.1 Å². The van der Waals surface area contributed by atoms with Crippen LogP contribution in [0.25, 0.3) is 6.08 Å². The quantitative estimate of drug-likeness (QED) is 0.785. The molecule has 0 spiro atoms. The van der Waals surface area contributed by atoms with Crippen LogP contribution in [0.2, 0.25) is 0 Å². The van der Waals surface area contributed by atoms with E-state index in [1.54, 1.807) is 18.2 Å². The van der Waals surface area contributed by atoms with E-state index < -0.39 is 11.7 Å². The molecule has 2 rings (SSSR count). The number of hydrogen-bond donors (Lipinski definition) is 1. The van der Waals surface area contributed by atoms with Gasteiger partial charge in [0.25, 0.3) is 0 Å². The van der Waals surface area contributed by atoms with Crippen LogP contribution in [0.15, 0.2) is 53.0 Å². The zero-order valence-electron chi connectivity index (χ0n) is 12.0. The molecule has 22 heavy (non-hydrogen) atoms. The van der Waals surface area contributed by atoms with Gasteiger partial charge >= 0.3 is 0 Å². The number of benzene rings is 2. The third-order valence-corrected chi connectivity index (χ3v) is 3.31. The van der Waals surface area contributed by atoms with Gasteiger partial charge in [-0.05, 0) is 43.3 Å². The Morgan fingerprint density at radius 3 is 2.82 bits per heavy atom. The van der Waals surface area contributed by atoms with Crippen LogP contribution < -0.4 is 10.1 Å². The second-order valence-electron chi connectivity index (χ2n) is 4.42. The van der Waals surface area contributed by atoms with E-state index in [0.717, 1.165) is 10.0 Å².